The molecular formula is C13H18N2O. The number of phenolic OH excluding ortho intramolecular Hbond substituents is 1. The number of fused-ring (bicyclic) bond motifs is 1. The van der Waals surface area contributed by atoms with Crippen molar-refractivity contribution in [2.45, 2.75) is 6.54 Å². The molecule has 2 heterocycles. The average Bonchev–Trinajstić information content (AvgIpc) is 2.81. The van der Waals surface area contributed by atoms with Crippen molar-refractivity contribution in [1.29, 1.82) is 0 Å². The van der Waals surface area contributed by atoms with Gasteiger partial charge in [-0.1, -0.05) is 18.2 Å². The number of aromatic hydroxyl groups is 1. The largest absolute Gasteiger partial charge is 0.508 e. The normalized spacial score (nSPS) is 29.5. The molecule has 0 spiro atoms. The molecule has 2 atom stereocenters. The van der Waals surface area contributed by atoms with Crippen LogP contribution in [-0.4, -0.2) is 36.2 Å². The highest BCUT2D eigenvalue weighted by molar-refractivity contribution is 5.31. The first kappa shape index (κ1) is 10.1. The zero-order valence-electron chi connectivity index (χ0n) is 9.39. The predicted molar refractivity (Wildman–Crippen MR) is 63.2 cm³/mol. The van der Waals surface area contributed by atoms with Crippen molar-refractivity contribution in [3.63, 3.8) is 0 Å². The maximum Gasteiger partial charge on any atom is 0.120 e. The molecule has 0 saturated carbocycles. The number of hydrogen-bond acceptors (Lipinski definition) is 3. The third-order valence-electron chi connectivity index (χ3n) is 3.85. The maximum atomic E-state index is 9.73. The van der Waals surface area contributed by atoms with Crippen molar-refractivity contribution in [3.05, 3.63) is 29.8 Å². The molecule has 86 valence electrons. The van der Waals surface area contributed by atoms with Crippen LogP contribution in [0.3, 0.4) is 0 Å². The first-order chi connectivity index (χ1) is 7.83. The number of nitrogens with zero attached hydrogens (tertiary/aromatic N) is 1. The summed E-state index contributed by atoms with van der Waals surface area (Å²) in [5.41, 5.74) is 1.05. The summed E-state index contributed by atoms with van der Waals surface area (Å²) in [5.74, 6) is 2.08. The molecule has 0 bridgehead atoms. The minimum Gasteiger partial charge on any atom is -0.508 e. The van der Waals surface area contributed by atoms with Gasteiger partial charge in [-0.2, -0.15) is 0 Å². The van der Waals surface area contributed by atoms with Crippen LogP contribution in [0.1, 0.15) is 5.56 Å². The molecule has 1 aromatic rings. The Balaban J connectivity index is 1.66. The van der Waals surface area contributed by atoms with E-state index in [9.17, 15) is 5.11 Å². The quantitative estimate of drug-likeness (QED) is 0.778. The van der Waals surface area contributed by atoms with E-state index < -0.39 is 0 Å². The van der Waals surface area contributed by atoms with Crippen LogP contribution in [0.2, 0.25) is 0 Å². The Kier molecular flexibility index (Phi) is 2.58. The minimum absolute atomic E-state index is 0.428. The summed E-state index contributed by atoms with van der Waals surface area (Å²) in [5, 5.41) is 13.2. The lowest BCUT2D eigenvalue weighted by Gasteiger charge is -2.17. The second-order valence-electron chi connectivity index (χ2n) is 5.00. The first-order valence-corrected chi connectivity index (χ1v) is 6.03. The van der Waals surface area contributed by atoms with Gasteiger partial charge in [0.1, 0.15) is 5.75 Å². The fraction of sp³-hybridized carbons (Fsp3) is 0.538. The maximum absolute atomic E-state index is 9.73. The van der Waals surface area contributed by atoms with Crippen molar-refractivity contribution >= 4 is 0 Å². The highest BCUT2D eigenvalue weighted by Gasteiger charge is 2.35. The molecule has 2 aliphatic rings. The van der Waals surface area contributed by atoms with E-state index in [1.54, 1.807) is 6.07 Å². The molecule has 1 aromatic carbocycles. The van der Waals surface area contributed by atoms with Gasteiger partial charge in [-0.25, -0.2) is 0 Å². The smallest absolute Gasteiger partial charge is 0.120 e. The van der Waals surface area contributed by atoms with E-state index in [4.69, 9.17) is 0 Å². The summed E-state index contributed by atoms with van der Waals surface area (Å²) in [7, 11) is 0. The molecule has 0 radical (unpaired) electrons. The molecule has 3 rings (SSSR count). The monoisotopic (exact) mass is 218 g/mol. The molecule has 16 heavy (non-hydrogen) atoms. The number of likely N-dealkylation sites (tertiary alicyclic amines) is 1. The Bertz CT molecular complexity index is 368. The second-order valence-corrected chi connectivity index (χ2v) is 5.00. The summed E-state index contributed by atoms with van der Waals surface area (Å²) < 4.78 is 0. The molecule has 3 nitrogen and oxygen atoms in total. The summed E-state index contributed by atoms with van der Waals surface area (Å²) in [6, 6.07) is 7.66. The Morgan fingerprint density at radius 1 is 1.19 bits per heavy atom. The number of nitrogens with one attached hydrogen (secondary N) is 1. The average molecular weight is 218 g/mol. The van der Waals surface area contributed by atoms with Gasteiger partial charge in [0, 0.05) is 25.2 Å². The Morgan fingerprint density at radius 2 is 1.88 bits per heavy atom. The van der Waals surface area contributed by atoms with Gasteiger partial charge in [-0.05, 0) is 31.0 Å². The van der Waals surface area contributed by atoms with Gasteiger partial charge in [-0.15, -0.1) is 0 Å². The summed E-state index contributed by atoms with van der Waals surface area (Å²) in [6.07, 6.45) is 0. The molecule has 2 saturated heterocycles. The van der Waals surface area contributed by atoms with Crippen LogP contribution in [0.5, 0.6) is 5.75 Å². The number of hydrogen-bond donors (Lipinski definition) is 2. The van der Waals surface area contributed by atoms with E-state index in [0.29, 0.717) is 5.75 Å². The number of para-hydroxylation sites is 1. The SMILES string of the molecule is Oc1ccccc1CN1C[C@H]2CNC[C@H]2C1. The Labute approximate surface area is 96.1 Å². The van der Waals surface area contributed by atoms with Crippen LogP contribution in [0.15, 0.2) is 24.3 Å². The fourth-order valence-electron chi connectivity index (χ4n) is 2.97. The van der Waals surface area contributed by atoms with Crippen LogP contribution >= 0.6 is 0 Å². The third kappa shape index (κ3) is 1.81. The first-order valence-electron chi connectivity index (χ1n) is 6.03. The summed E-state index contributed by atoms with van der Waals surface area (Å²) >= 11 is 0. The van der Waals surface area contributed by atoms with E-state index >= 15 is 0 Å². The van der Waals surface area contributed by atoms with Gasteiger partial charge < -0.3 is 10.4 Å². The Morgan fingerprint density at radius 3 is 2.56 bits per heavy atom. The van der Waals surface area contributed by atoms with Crippen LogP contribution in [0.4, 0.5) is 0 Å². The second kappa shape index (κ2) is 4.07. The minimum atomic E-state index is 0.428. The predicted octanol–water partition coefficient (Wildman–Crippen LogP) is 1.04. The molecule has 0 aliphatic carbocycles. The van der Waals surface area contributed by atoms with Gasteiger partial charge >= 0.3 is 0 Å². The zero-order chi connectivity index (χ0) is 11.0. The van der Waals surface area contributed by atoms with Crippen molar-refractivity contribution in [2.75, 3.05) is 26.2 Å². The van der Waals surface area contributed by atoms with Crippen molar-refractivity contribution in [2.24, 2.45) is 11.8 Å². The summed E-state index contributed by atoms with van der Waals surface area (Å²) in [4.78, 5) is 2.46. The molecule has 0 aromatic heterocycles. The van der Waals surface area contributed by atoms with E-state index in [0.717, 1.165) is 23.9 Å². The highest BCUT2D eigenvalue weighted by Crippen LogP contribution is 2.28. The van der Waals surface area contributed by atoms with Gasteiger partial charge in [0.2, 0.25) is 0 Å². The van der Waals surface area contributed by atoms with Crippen LogP contribution in [-0.2, 0) is 6.54 Å². The van der Waals surface area contributed by atoms with Crippen LogP contribution in [0, 0.1) is 11.8 Å². The lowest BCUT2D eigenvalue weighted by atomic mass is 10.0. The fourth-order valence-corrected chi connectivity index (χ4v) is 2.97. The molecule has 2 aliphatic heterocycles. The third-order valence-corrected chi connectivity index (χ3v) is 3.85. The van der Waals surface area contributed by atoms with E-state index in [1.807, 2.05) is 18.2 Å². The van der Waals surface area contributed by atoms with Crippen molar-refractivity contribution in [1.82, 2.24) is 10.2 Å². The number of rotatable bonds is 2. The van der Waals surface area contributed by atoms with E-state index in [2.05, 4.69) is 10.2 Å². The molecule has 2 fully saturated rings. The van der Waals surface area contributed by atoms with Crippen molar-refractivity contribution < 1.29 is 5.11 Å². The Hall–Kier alpha value is -1.06. The molecule has 0 amide bonds. The van der Waals surface area contributed by atoms with E-state index in [-0.39, 0.29) is 0 Å². The van der Waals surface area contributed by atoms with Crippen LogP contribution in [0.25, 0.3) is 0 Å². The topological polar surface area (TPSA) is 35.5 Å². The van der Waals surface area contributed by atoms with Crippen LogP contribution < -0.4 is 5.32 Å². The standard InChI is InChI=1S/C13H18N2O/c16-13-4-2-1-3-10(13)7-15-8-11-5-14-6-12(11)9-15/h1-4,11-12,14,16H,5-9H2/t11-,12+. The lowest BCUT2D eigenvalue weighted by Crippen LogP contribution is -2.25. The van der Waals surface area contributed by atoms with Gasteiger partial charge in [0.25, 0.3) is 0 Å². The van der Waals surface area contributed by atoms with Gasteiger partial charge in [0.05, 0.1) is 0 Å². The molecular weight excluding hydrogens is 200 g/mol. The zero-order valence-corrected chi connectivity index (χ0v) is 9.39. The van der Waals surface area contributed by atoms with E-state index in [1.165, 1.54) is 26.2 Å². The molecule has 2 N–H and O–H groups in total. The van der Waals surface area contributed by atoms with Crippen molar-refractivity contribution in [3.8, 4) is 5.75 Å². The lowest BCUT2D eigenvalue weighted by molar-refractivity contribution is 0.300. The molecule has 0 unspecified atom stereocenters. The number of benzene rings is 1. The van der Waals surface area contributed by atoms with Gasteiger partial charge in [0.15, 0.2) is 0 Å². The highest BCUT2D eigenvalue weighted by atomic mass is 16.3. The number of phenols is 1. The molecule has 3 heteroatoms. The summed E-state index contributed by atoms with van der Waals surface area (Å²) in [6.45, 7) is 5.57. The van der Waals surface area contributed by atoms with Gasteiger partial charge in [-0.3, -0.25) is 4.90 Å².